The lowest BCUT2D eigenvalue weighted by atomic mass is 9.82. The summed E-state index contributed by atoms with van der Waals surface area (Å²) in [7, 11) is 0. The first kappa shape index (κ1) is 12.1. The number of hydrogen-bond acceptors (Lipinski definition) is 3. The van der Waals surface area contributed by atoms with Crippen molar-refractivity contribution in [1.29, 1.82) is 0 Å². The monoisotopic (exact) mass is 263 g/mol. The molecule has 0 bridgehead atoms. The summed E-state index contributed by atoms with van der Waals surface area (Å²) in [6, 6.07) is 4.29. The third kappa shape index (κ3) is 1.88. The maximum Gasteiger partial charge on any atom is 0.236 e. The average molecular weight is 263 g/mol. The number of nitrogens with zero attached hydrogens (tertiary/aromatic N) is 1. The van der Waals surface area contributed by atoms with E-state index in [1.807, 2.05) is 6.92 Å². The highest BCUT2D eigenvalue weighted by Crippen LogP contribution is 2.33. The van der Waals surface area contributed by atoms with Crippen LogP contribution >= 0.6 is 0 Å². The summed E-state index contributed by atoms with van der Waals surface area (Å²) < 4.78 is 18.4. The fraction of sp³-hybridized carbons (Fsp3) is 0.385. The van der Waals surface area contributed by atoms with Crippen LogP contribution in [-0.2, 0) is 9.53 Å². The van der Waals surface area contributed by atoms with Crippen molar-refractivity contribution >= 4 is 22.6 Å². The quantitative estimate of drug-likeness (QED) is 0.890. The van der Waals surface area contributed by atoms with Crippen LogP contribution in [0.5, 0.6) is 0 Å². The summed E-state index contributed by atoms with van der Waals surface area (Å²) in [5.74, 6) is -0.125. The third-order valence-corrected chi connectivity index (χ3v) is 3.67. The maximum absolute atomic E-state index is 13.2. The van der Waals surface area contributed by atoms with Crippen LogP contribution < -0.4 is 5.32 Å². The fourth-order valence-electron chi connectivity index (χ4n) is 2.17. The van der Waals surface area contributed by atoms with Gasteiger partial charge >= 0.3 is 0 Å². The van der Waals surface area contributed by atoms with Gasteiger partial charge in [0, 0.05) is 5.39 Å². The van der Waals surface area contributed by atoms with Gasteiger partial charge in [-0.2, -0.15) is 5.10 Å². The molecule has 2 heterocycles. The van der Waals surface area contributed by atoms with Crippen molar-refractivity contribution < 1.29 is 13.9 Å². The number of H-pyrrole nitrogens is 1. The molecule has 1 fully saturated rings. The summed E-state index contributed by atoms with van der Waals surface area (Å²) in [5, 5.41) is 10.1. The molecule has 0 radical (unpaired) electrons. The lowest BCUT2D eigenvalue weighted by molar-refractivity contribution is -0.156. The minimum Gasteiger partial charge on any atom is -0.379 e. The molecule has 0 unspecified atom stereocenters. The summed E-state index contributed by atoms with van der Waals surface area (Å²) in [6.45, 7) is 2.79. The number of hydrogen-bond donors (Lipinski definition) is 2. The van der Waals surface area contributed by atoms with Gasteiger partial charge in [0.25, 0.3) is 0 Å². The van der Waals surface area contributed by atoms with E-state index in [1.165, 1.54) is 12.1 Å². The Balaban J connectivity index is 1.89. The summed E-state index contributed by atoms with van der Waals surface area (Å²) in [6.07, 6.45) is 0.704. The molecule has 0 atom stereocenters. The van der Waals surface area contributed by atoms with Crippen molar-refractivity contribution in [2.75, 3.05) is 18.5 Å². The maximum atomic E-state index is 13.2. The first-order chi connectivity index (χ1) is 9.14. The molecule has 1 aliphatic heterocycles. The number of carbonyl (C=O) groups is 1. The van der Waals surface area contributed by atoms with Crippen molar-refractivity contribution in [1.82, 2.24) is 10.2 Å². The van der Waals surface area contributed by atoms with Gasteiger partial charge in [-0.15, -0.1) is 0 Å². The fourth-order valence-corrected chi connectivity index (χ4v) is 2.17. The van der Waals surface area contributed by atoms with Crippen LogP contribution in [0, 0.1) is 11.2 Å². The average Bonchev–Trinajstić information content (AvgIpc) is 2.71. The van der Waals surface area contributed by atoms with Gasteiger partial charge in [-0.05, 0) is 24.6 Å². The van der Waals surface area contributed by atoms with Gasteiger partial charge in [-0.3, -0.25) is 9.89 Å². The number of amides is 1. The molecule has 2 aromatic rings. The van der Waals surface area contributed by atoms with E-state index in [2.05, 4.69) is 15.5 Å². The number of nitrogens with one attached hydrogen (secondary N) is 2. The van der Waals surface area contributed by atoms with Crippen LogP contribution in [0.2, 0.25) is 0 Å². The predicted molar refractivity (Wildman–Crippen MR) is 68.2 cm³/mol. The van der Waals surface area contributed by atoms with Gasteiger partial charge in [-0.1, -0.05) is 6.92 Å². The van der Waals surface area contributed by atoms with Crippen LogP contribution in [0.15, 0.2) is 18.2 Å². The third-order valence-electron chi connectivity index (χ3n) is 3.67. The van der Waals surface area contributed by atoms with Crippen molar-refractivity contribution in [3.8, 4) is 0 Å². The molecule has 0 spiro atoms. The highest BCUT2D eigenvalue weighted by molar-refractivity contribution is 6.02. The van der Waals surface area contributed by atoms with Crippen LogP contribution in [0.25, 0.3) is 10.9 Å². The van der Waals surface area contributed by atoms with Gasteiger partial charge in [0.15, 0.2) is 5.82 Å². The molecule has 1 aromatic heterocycles. The van der Waals surface area contributed by atoms with Crippen LogP contribution in [0.4, 0.5) is 10.2 Å². The summed E-state index contributed by atoms with van der Waals surface area (Å²) in [4.78, 5) is 12.2. The Morgan fingerprint density at radius 1 is 1.58 bits per heavy atom. The van der Waals surface area contributed by atoms with Crippen molar-refractivity contribution in [3.63, 3.8) is 0 Å². The molecule has 1 aliphatic rings. The lowest BCUT2D eigenvalue weighted by Crippen LogP contribution is -2.51. The van der Waals surface area contributed by atoms with Crippen LogP contribution in [0.3, 0.4) is 0 Å². The first-order valence-electron chi connectivity index (χ1n) is 6.17. The van der Waals surface area contributed by atoms with E-state index >= 15 is 0 Å². The molecule has 3 rings (SSSR count). The van der Waals surface area contributed by atoms with Gasteiger partial charge < -0.3 is 10.1 Å². The number of halogens is 1. The zero-order valence-corrected chi connectivity index (χ0v) is 10.5. The van der Waals surface area contributed by atoms with E-state index in [9.17, 15) is 9.18 Å². The number of carbonyl (C=O) groups excluding carboxylic acids is 1. The largest absolute Gasteiger partial charge is 0.379 e. The minimum absolute atomic E-state index is 0.126. The number of anilines is 1. The molecule has 5 nitrogen and oxygen atoms in total. The molecular formula is C13H14FN3O2. The molecule has 1 aromatic carbocycles. The second-order valence-corrected chi connectivity index (χ2v) is 4.84. The van der Waals surface area contributed by atoms with Crippen LogP contribution in [0.1, 0.15) is 13.3 Å². The molecule has 0 aliphatic carbocycles. The second-order valence-electron chi connectivity index (χ2n) is 4.84. The van der Waals surface area contributed by atoms with Crippen LogP contribution in [-0.4, -0.2) is 29.3 Å². The molecule has 1 saturated heterocycles. The highest BCUT2D eigenvalue weighted by Gasteiger charge is 2.44. The topological polar surface area (TPSA) is 67.0 Å². The van der Waals surface area contributed by atoms with Gasteiger partial charge in [0.05, 0.1) is 24.1 Å². The Labute approximate surface area is 109 Å². The van der Waals surface area contributed by atoms with Crippen molar-refractivity contribution in [3.05, 3.63) is 24.0 Å². The van der Waals surface area contributed by atoms with E-state index in [0.29, 0.717) is 36.4 Å². The Morgan fingerprint density at radius 2 is 2.37 bits per heavy atom. The first-order valence-corrected chi connectivity index (χ1v) is 6.17. The van der Waals surface area contributed by atoms with E-state index in [4.69, 9.17) is 4.74 Å². The number of benzene rings is 1. The predicted octanol–water partition coefficient (Wildman–Crippen LogP) is 2.07. The number of aromatic nitrogens is 2. The molecule has 6 heteroatoms. The minimum atomic E-state index is -0.474. The van der Waals surface area contributed by atoms with Gasteiger partial charge in [-0.25, -0.2) is 4.39 Å². The zero-order valence-electron chi connectivity index (χ0n) is 10.5. The van der Waals surface area contributed by atoms with E-state index in [-0.39, 0.29) is 11.7 Å². The number of aromatic amines is 1. The van der Waals surface area contributed by atoms with Gasteiger partial charge in [0.1, 0.15) is 5.82 Å². The second kappa shape index (κ2) is 4.31. The number of rotatable bonds is 3. The Morgan fingerprint density at radius 3 is 3.00 bits per heavy atom. The lowest BCUT2D eigenvalue weighted by Gasteiger charge is -2.38. The van der Waals surface area contributed by atoms with E-state index in [0.717, 1.165) is 0 Å². The Kier molecular flexibility index (Phi) is 2.74. The molecule has 1 amide bonds. The smallest absolute Gasteiger partial charge is 0.236 e. The molecule has 100 valence electrons. The van der Waals surface area contributed by atoms with E-state index in [1.54, 1.807) is 6.07 Å². The van der Waals surface area contributed by atoms with Crippen molar-refractivity contribution in [2.45, 2.75) is 13.3 Å². The Bertz CT molecular complexity index is 628. The highest BCUT2D eigenvalue weighted by atomic mass is 19.1. The zero-order chi connectivity index (χ0) is 13.5. The standard InChI is InChI=1S/C13H14FN3O2/c1-2-13(6-19-7-13)12(18)15-11-9-5-8(14)3-4-10(9)16-17-11/h3-5H,2,6-7H2,1H3,(H2,15,16,17,18). The van der Waals surface area contributed by atoms with E-state index < -0.39 is 5.41 Å². The molecule has 2 N–H and O–H groups in total. The molecule has 0 saturated carbocycles. The molecule has 19 heavy (non-hydrogen) atoms. The normalized spacial score (nSPS) is 17.2. The Hall–Kier alpha value is -1.95. The molecular weight excluding hydrogens is 249 g/mol. The van der Waals surface area contributed by atoms with Gasteiger partial charge in [0.2, 0.25) is 5.91 Å². The summed E-state index contributed by atoms with van der Waals surface area (Å²) >= 11 is 0. The number of ether oxygens (including phenoxy) is 1. The SMILES string of the molecule is CCC1(C(=O)Nc2n[nH]c3ccc(F)cc23)COC1. The summed E-state index contributed by atoms with van der Waals surface area (Å²) in [5.41, 5.74) is 0.214. The van der Waals surface area contributed by atoms with Crippen molar-refractivity contribution in [2.24, 2.45) is 5.41 Å². The number of fused-ring (bicyclic) bond motifs is 1.